The molecule has 0 aromatic rings. The van der Waals surface area contributed by atoms with E-state index < -0.39 is 5.79 Å². The van der Waals surface area contributed by atoms with Crippen LogP contribution in [0.5, 0.6) is 0 Å². The number of hydrogen-bond donors (Lipinski definition) is 2. The van der Waals surface area contributed by atoms with E-state index in [2.05, 4.69) is 34.6 Å². The van der Waals surface area contributed by atoms with E-state index in [1.165, 1.54) is 6.42 Å². The highest BCUT2D eigenvalue weighted by molar-refractivity contribution is 5.79. The van der Waals surface area contributed by atoms with E-state index in [0.29, 0.717) is 35.4 Å². The van der Waals surface area contributed by atoms with Crippen LogP contribution in [-0.2, 0) is 9.53 Å². The van der Waals surface area contributed by atoms with Gasteiger partial charge in [0.2, 0.25) is 0 Å². The summed E-state index contributed by atoms with van der Waals surface area (Å²) >= 11 is 0. The maximum atomic E-state index is 12.1. The minimum Gasteiger partial charge on any atom is -0.393 e. The fraction of sp³-hybridized carbons (Fsp3) is 0.889. The Morgan fingerprint density at radius 2 is 1.90 bits per heavy atom. The second-order valence-electron chi connectivity index (χ2n) is 12.6. The maximum Gasteiger partial charge on any atom is 0.188 e. The van der Waals surface area contributed by atoms with Crippen LogP contribution in [0.4, 0.5) is 0 Å². The molecule has 0 radical (unpaired) electrons. The van der Waals surface area contributed by atoms with Crippen molar-refractivity contribution < 1.29 is 19.7 Å². The predicted octanol–water partition coefficient (Wildman–Crippen LogP) is 4.73. The molecule has 11 atom stereocenters. The molecule has 2 N–H and O–H groups in total. The molecule has 0 spiro atoms. The highest BCUT2D eigenvalue weighted by atomic mass is 16.6. The molecule has 5 rings (SSSR count). The van der Waals surface area contributed by atoms with Gasteiger partial charge in [-0.2, -0.15) is 0 Å². The standard InChI is InChI=1S/C27H42O4/c1-15(2)8-11-27(30)16(3)24-22(31-27)13-21-19-7-6-17-12-18(28)9-10-25(17,4)20(19)14-23(29)26(21,24)5/h8,11,15-17,19-24,29-30H,6-7,9-10,12-14H2,1-5H3/b11-8+/t16-,17-,19?,20?,21?,22?,23-,24?,25-,26+,27?/m0/s1. The number of aliphatic hydroxyl groups is 2. The second-order valence-corrected chi connectivity index (χ2v) is 12.6. The smallest absolute Gasteiger partial charge is 0.188 e. The van der Waals surface area contributed by atoms with E-state index in [9.17, 15) is 15.0 Å². The molecule has 4 heteroatoms. The van der Waals surface area contributed by atoms with Gasteiger partial charge in [0.25, 0.3) is 0 Å². The molecular weight excluding hydrogens is 388 g/mol. The van der Waals surface area contributed by atoms with Crippen molar-refractivity contribution in [1.29, 1.82) is 0 Å². The van der Waals surface area contributed by atoms with Crippen LogP contribution < -0.4 is 0 Å². The fourth-order valence-corrected chi connectivity index (χ4v) is 9.16. The number of ketones is 1. The van der Waals surface area contributed by atoms with Crippen molar-refractivity contribution >= 4 is 5.78 Å². The molecule has 1 saturated heterocycles. The Labute approximate surface area is 187 Å². The monoisotopic (exact) mass is 430 g/mol. The van der Waals surface area contributed by atoms with Crippen LogP contribution >= 0.6 is 0 Å². The lowest BCUT2D eigenvalue weighted by Gasteiger charge is -2.61. The quantitative estimate of drug-likeness (QED) is 0.622. The molecule has 0 amide bonds. The lowest BCUT2D eigenvalue weighted by atomic mass is 9.43. The van der Waals surface area contributed by atoms with E-state index in [-0.39, 0.29) is 34.9 Å². The highest BCUT2D eigenvalue weighted by Gasteiger charge is 2.70. The Balaban J connectivity index is 1.44. The molecule has 0 aromatic carbocycles. The minimum atomic E-state index is -1.22. The summed E-state index contributed by atoms with van der Waals surface area (Å²) in [5.74, 6) is 1.75. The second kappa shape index (κ2) is 7.14. The topological polar surface area (TPSA) is 66.8 Å². The first-order valence-electron chi connectivity index (χ1n) is 12.8. The molecule has 0 bridgehead atoms. The van der Waals surface area contributed by atoms with Gasteiger partial charge in [-0.15, -0.1) is 0 Å². The Kier molecular flexibility index (Phi) is 5.09. The molecule has 1 heterocycles. The fourth-order valence-electron chi connectivity index (χ4n) is 9.16. The zero-order valence-corrected chi connectivity index (χ0v) is 20.0. The average Bonchev–Trinajstić information content (AvgIpc) is 3.13. The van der Waals surface area contributed by atoms with Crippen LogP contribution in [0.15, 0.2) is 12.2 Å². The number of rotatable bonds is 2. The van der Waals surface area contributed by atoms with Crippen molar-refractivity contribution in [3.63, 3.8) is 0 Å². The van der Waals surface area contributed by atoms with E-state index in [4.69, 9.17) is 4.74 Å². The van der Waals surface area contributed by atoms with Crippen LogP contribution in [-0.4, -0.2) is 34.0 Å². The third-order valence-electron chi connectivity index (χ3n) is 10.9. The van der Waals surface area contributed by atoms with Crippen molar-refractivity contribution in [2.45, 2.75) is 97.6 Å². The third kappa shape index (κ3) is 3.00. The number of aliphatic hydroxyl groups excluding tert-OH is 1. The number of carbonyl (C=O) groups is 1. The van der Waals surface area contributed by atoms with Crippen molar-refractivity contribution in [2.75, 3.05) is 0 Å². The summed E-state index contributed by atoms with van der Waals surface area (Å²) in [7, 11) is 0. The van der Waals surface area contributed by atoms with Gasteiger partial charge in [-0.1, -0.05) is 40.7 Å². The van der Waals surface area contributed by atoms with Gasteiger partial charge in [-0.25, -0.2) is 0 Å². The highest BCUT2D eigenvalue weighted by Crippen LogP contribution is 2.70. The Morgan fingerprint density at radius 3 is 2.61 bits per heavy atom. The van der Waals surface area contributed by atoms with Gasteiger partial charge in [-0.05, 0) is 73.2 Å². The summed E-state index contributed by atoms with van der Waals surface area (Å²) in [5, 5.41) is 23.0. The van der Waals surface area contributed by atoms with E-state index >= 15 is 0 Å². The lowest BCUT2D eigenvalue weighted by molar-refractivity contribution is -0.193. The Hall–Kier alpha value is -0.710. The summed E-state index contributed by atoms with van der Waals surface area (Å²) in [6.45, 7) is 11.0. The van der Waals surface area contributed by atoms with Crippen molar-refractivity contribution in [3.05, 3.63) is 12.2 Å². The minimum absolute atomic E-state index is 0.0127. The van der Waals surface area contributed by atoms with E-state index in [0.717, 1.165) is 38.5 Å². The van der Waals surface area contributed by atoms with Gasteiger partial charge in [0.15, 0.2) is 5.79 Å². The largest absolute Gasteiger partial charge is 0.393 e. The summed E-state index contributed by atoms with van der Waals surface area (Å²) < 4.78 is 6.38. The maximum absolute atomic E-state index is 12.1. The molecule has 6 unspecified atom stereocenters. The molecule has 1 aliphatic heterocycles. The summed E-state index contributed by atoms with van der Waals surface area (Å²) in [6, 6.07) is 0. The van der Waals surface area contributed by atoms with Crippen LogP contribution in [0.25, 0.3) is 0 Å². The number of ether oxygens (including phenoxy) is 1. The first-order valence-corrected chi connectivity index (χ1v) is 12.8. The first-order chi connectivity index (χ1) is 14.5. The van der Waals surface area contributed by atoms with Gasteiger partial charge in [0, 0.05) is 30.1 Å². The first kappa shape index (κ1) is 22.1. The van der Waals surface area contributed by atoms with Crippen molar-refractivity contribution in [2.24, 2.45) is 52.3 Å². The van der Waals surface area contributed by atoms with Gasteiger partial charge in [0.1, 0.15) is 5.78 Å². The Morgan fingerprint density at radius 1 is 1.16 bits per heavy atom. The van der Waals surface area contributed by atoms with E-state index in [1.807, 2.05) is 12.2 Å². The average molecular weight is 431 g/mol. The molecule has 4 aliphatic carbocycles. The van der Waals surface area contributed by atoms with Crippen molar-refractivity contribution in [1.82, 2.24) is 0 Å². The molecule has 4 saturated carbocycles. The van der Waals surface area contributed by atoms with Gasteiger partial charge in [0.05, 0.1) is 12.2 Å². The third-order valence-corrected chi connectivity index (χ3v) is 10.9. The predicted molar refractivity (Wildman–Crippen MR) is 120 cm³/mol. The van der Waals surface area contributed by atoms with Crippen LogP contribution in [0, 0.1) is 52.3 Å². The summed E-state index contributed by atoms with van der Waals surface area (Å²) in [4.78, 5) is 12.1. The summed E-state index contributed by atoms with van der Waals surface area (Å²) in [6.07, 6.45) is 10.1. The number of fused-ring (bicyclic) bond motifs is 7. The number of allylic oxidation sites excluding steroid dienone is 1. The normalized spacial score (nSPS) is 56.5. The van der Waals surface area contributed by atoms with Gasteiger partial charge < -0.3 is 14.9 Å². The van der Waals surface area contributed by atoms with Crippen LogP contribution in [0.1, 0.15) is 79.6 Å². The molecule has 31 heavy (non-hydrogen) atoms. The van der Waals surface area contributed by atoms with Crippen molar-refractivity contribution in [3.8, 4) is 0 Å². The van der Waals surface area contributed by atoms with Crippen LogP contribution in [0.2, 0.25) is 0 Å². The molecule has 4 nitrogen and oxygen atoms in total. The number of carbonyl (C=O) groups excluding carboxylic acids is 1. The number of Topliss-reactive ketones (excluding diaryl/α,β-unsaturated/α-hetero) is 1. The lowest BCUT2D eigenvalue weighted by Crippen LogP contribution is -2.59. The van der Waals surface area contributed by atoms with Gasteiger partial charge in [-0.3, -0.25) is 4.79 Å². The van der Waals surface area contributed by atoms with Crippen LogP contribution in [0.3, 0.4) is 0 Å². The van der Waals surface area contributed by atoms with Gasteiger partial charge >= 0.3 is 0 Å². The molecular formula is C27H42O4. The number of hydrogen-bond acceptors (Lipinski definition) is 4. The van der Waals surface area contributed by atoms with E-state index in [1.54, 1.807) is 0 Å². The SMILES string of the molecule is CC(C)/C=C/C1(O)OC2CC3C4CC[C@H]5CC(=O)CC[C@]5(C)C4C[C@H](O)[C@]3(C)C2[C@@H]1C. The zero-order chi connectivity index (χ0) is 22.3. The molecule has 174 valence electrons. The molecule has 5 fully saturated rings. The zero-order valence-electron chi connectivity index (χ0n) is 20.0. The molecule has 5 aliphatic rings. The summed E-state index contributed by atoms with van der Waals surface area (Å²) in [5.41, 5.74) is -0.0286. The Bertz CT molecular complexity index is 775. The molecule has 0 aromatic heterocycles.